The summed E-state index contributed by atoms with van der Waals surface area (Å²) in [5, 5.41) is 0. The predicted octanol–water partition coefficient (Wildman–Crippen LogP) is 3.03. The van der Waals surface area contributed by atoms with Crippen molar-refractivity contribution in [2.24, 2.45) is 0 Å². The molecule has 0 aliphatic rings. The van der Waals surface area contributed by atoms with Gasteiger partial charge >= 0.3 is 0 Å². The van der Waals surface area contributed by atoms with Gasteiger partial charge in [0.2, 0.25) is 0 Å². The van der Waals surface area contributed by atoms with Gasteiger partial charge in [0.25, 0.3) is 0 Å². The summed E-state index contributed by atoms with van der Waals surface area (Å²) in [7, 11) is 1.71. The Bertz CT molecular complexity index is 298. The summed E-state index contributed by atoms with van der Waals surface area (Å²) in [5.41, 5.74) is 0.824. The molecule has 16 heavy (non-hydrogen) atoms. The molecule has 2 nitrogen and oxygen atoms in total. The summed E-state index contributed by atoms with van der Waals surface area (Å²) in [4.78, 5) is 11.7. The number of carbonyl (C=O) groups is 1. The highest BCUT2D eigenvalue weighted by molar-refractivity contribution is 7.99. The second-order valence-electron chi connectivity index (χ2n) is 3.50. The number of thioether (sulfide) groups is 1. The third kappa shape index (κ3) is 5.33. The van der Waals surface area contributed by atoms with Gasteiger partial charge < -0.3 is 4.74 Å². The molecule has 1 aromatic carbocycles. The van der Waals surface area contributed by atoms with Crippen molar-refractivity contribution in [1.29, 1.82) is 0 Å². The van der Waals surface area contributed by atoms with Crippen LogP contribution < -0.4 is 0 Å². The monoisotopic (exact) mass is 238 g/mol. The summed E-state index contributed by atoms with van der Waals surface area (Å²) in [6.45, 7) is 0.789. The van der Waals surface area contributed by atoms with Gasteiger partial charge in [-0.1, -0.05) is 30.3 Å². The van der Waals surface area contributed by atoms with Crippen LogP contribution in [-0.2, 0) is 4.74 Å². The van der Waals surface area contributed by atoms with E-state index < -0.39 is 0 Å². The number of benzene rings is 1. The first kappa shape index (κ1) is 13.3. The molecule has 0 unspecified atom stereocenters. The summed E-state index contributed by atoms with van der Waals surface area (Å²) < 4.78 is 4.95. The fraction of sp³-hybridized carbons (Fsp3) is 0.462. The van der Waals surface area contributed by atoms with Crippen LogP contribution in [0, 0.1) is 0 Å². The Labute approximate surface area is 101 Å². The number of rotatable bonds is 8. The number of ketones is 1. The zero-order valence-electron chi connectivity index (χ0n) is 9.65. The van der Waals surface area contributed by atoms with Gasteiger partial charge in [-0.15, -0.1) is 0 Å². The van der Waals surface area contributed by atoms with Crippen LogP contribution in [0.3, 0.4) is 0 Å². The molecule has 0 aliphatic heterocycles. The maximum atomic E-state index is 11.7. The summed E-state index contributed by atoms with van der Waals surface area (Å²) in [5.74, 6) is 2.28. The number of hydrogen-bond donors (Lipinski definition) is 0. The van der Waals surface area contributed by atoms with E-state index in [4.69, 9.17) is 4.74 Å². The smallest absolute Gasteiger partial charge is 0.162 e. The minimum absolute atomic E-state index is 0.243. The lowest BCUT2D eigenvalue weighted by molar-refractivity contribution is 0.0982. The van der Waals surface area contributed by atoms with Crippen LogP contribution >= 0.6 is 11.8 Å². The van der Waals surface area contributed by atoms with E-state index in [9.17, 15) is 4.79 Å². The van der Waals surface area contributed by atoms with E-state index in [0.29, 0.717) is 6.42 Å². The van der Waals surface area contributed by atoms with Gasteiger partial charge in [-0.25, -0.2) is 0 Å². The molecular formula is C13H18O2S. The number of Topliss-reactive ketones (excluding diaryl/α,β-unsaturated/α-hetero) is 1. The number of ether oxygens (including phenoxy) is 1. The Morgan fingerprint density at radius 2 is 2.00 bits per heavy atom. The molecule has 0 amide bonds. The molecule has 0 atom stereocenters. The second-order valence-corrected chi connectivity index (χ2v) is 4.72. The predicted molar refractivity (Wildman–Crippen MR) is 69.2 cm³/mol. The van der Waals surface area contributed by atoms with Gasteiger partial charge in [0, 0.05) is 24.8 Å². The summed E-state index contributed by atoms with van der Waals surface area (Å²) in [6, 6.07) is 9.49. The highest BCUT2D eigenvalue weighted by Crippen LogP contribution is 2.09. The van der Waals surface area contributed by atoms with Gasteiger partial charge in [-0.05, 0) is 12.2 Å². The van der Waals surface area contributed by atoms with Crippen LogP contribution in [0.15, 0.2) is 30.3 Å². The third-order valence-electron chi connectivity index (χ3n) is 2.22. The Morgan fingerprint density at radius 3 is 2.69 bits per heavy atom. The van der Waals surface area contributed by atoms with Crippen LogP contribution in [0.5, 0.6) is 0 Å². The molecule has 3 heteroatoms. The van der Waals surface area contributed by atoms with Gasteiger partial charge in [-0.3, -0.25) is 4.79 Å². The lowest BCUT2D eigenvalue weighted by Gasteiger charge is -2.01. The molecule has 0 fully saturated rings. The molecule has 0 saturated carbocycles. The standard InChI is InChI=1S/C13H18O2S/c1-15-9-11-16-10-5-8-13(14)12-6-3-2-4-7-12/h2-4,6-7H,5,8-11H2,1H3. The third-order valence-corrected chi connectivity index (χ3v) is 3.25. The first-order chi connectivity index (χ1) is 7.84. The lowest BCUT2D eigenvalue weighted by atomic mass is 10.1. The van der Waals surface area contributed by atoms with Gasteiger partial charge in [0.05, 0.1) is 6.61 Å². The maximum Gasteiger partial charge on any atom is 0.162 e. The average molecular weight is 238 g/mol. The fourth-order valence-electron chi connectivity index (χ4n) is 1.35. The van der Waals surface area contributed by atoms with Gasteiger partial charge in [-0.2, -0.15) is 11.8 Å². The van der Waals surface area contributed by atoms with Crippen molar-refractivity contribution in [3.8, 4) is 0 Å². The van der Waals surface area contributed by atoms with Crippen LogP contribution in [0.2, 0.25) is 0 Å². The topological polar surface area (TPSA) is 26.3 Å². The first-order valence-electron chi connectivity index (χ1n) is 5.49. The SMILES string of the molecule is COCCSCCCC(=O)c1ccccc1. The first-order valence-corrected chi connectivity index (χ1v) is 6.65. The molecule has 1 aromatic rings. The van der Waals surface area contributed by atoms with E-state index in [1.807, 2.05) is 42.1 Å². The van der Waals surface area contributed by atoms with E-state index in [1.54, 1.807) is 7.11 Å². The van der Waals surface area contributed by atoms with Crippen LogP contribution in [-0.4, -0.2) is 31.0 Å². The minimum Gasteiger partial charge on any atom is -0.384 e. The average Bonchev–Trinajstić information content (AvgIpc) is 2.34. The van der Waals surface area contributed by atoms with Crippen molar-refractivity contribution in [1.82, 2.24) is 0 Å². The summed E-state index contributed by atoms with van der Waals surface area (Å²) >= 11 is 1.84. The lowest BCUT2D eigenvalue weighted by Crippen LogP contribution is -2.00. The molecule has 0 aromatic heterocycles. The normalized spacial score (nSPS) is 10.3. The van der Waals surface area contributed by atoms with Crippen molar-refractivity contribution in [2.45, 2.75) is 12.8 Å². The van der Waals surface area contributed by atoms with E-state index in [1.165, 1.54) is 0 Å². The molecule has 0 radical (unpaired) electrons. The van der Waals surface area contributed by atoms with E-state index >= 15 is 0 Å². The van der Waals surface area contributed by atoms with E-state index in [2.05, 4.69) is 0 Å². The van der Waals surface area contributed by atoms with E-state index in [-0.39, 0.29) is 5.78 Å². The Balaban J connectivity index is 2.12. The number of carbonyl (C=O) groups excluding carboxylic acids is 1. The molecular weight excluding hydrogens is 220 g/mol. The van der Waals surface area contributed by atoms with Crippen LogP contribution in [0.25, 0.3) is 0 Å². The largest absolute Gasteiger partial charge is 0.384 e. The van der Waals surface area contributed by atoms with Crippen molar-refractivity contribution in [3.05, 3.63) is 35.9 Å². The molecule has 0 N–H and O–H groups in total. The molecule has 0 aliphatic carbocycles. The zero-order chi connectivity index (χ0) is 11.6. The molecule has 0 bridgehead atoms. The Hall–Kier alpha value is -0.800. The molecule has 0 spiro atoms. The number of methoxy groups -OCH3 is 1. The van der Waals surface area contributed by atoms with Crippen molar-refractivity contribution < 1.29 is 9.53 Å². The van der Waals surface area contributed by atoms with Crippen LogP contribution in [0.4, 0.5) is 0 Å². The van der Waals surface area contributed by atoms with Gasteiger partial charge in [0.15, 0.2) is 5.78 Å². The Morgan fingerprint density at radius 1 is 1.25 bits per heavy atom. The van der Waals surface area contributed by atoms with Gasteiger partial charge in [0.1, 0.15) is 0 Å². The molecule has 88 valence electrons. The fourth-order valence-corrected chi connectivity index (χ4v) is 2.18. The molecule has 1 rings (SSSR count). The summed E-state index contributed by atoms with van der Waals surface area (Å²) in [6.07, 6.45) is 1.59. The molecule has 0 heterocycles. The maximum absolute atomic E-state index is 11.7. The van der Waals surface area contributed by atoms with E-state index in [0.717, 1.165) is 30.1 Å². The number of hydrogen-bond acceptors (Lipinski definition) is 3. The minimum atomic E-state index is 0.243. The molecule has 0 saturated heterocycles. The van der Waals surface area contributed by atoms with Crippen molar-refractivity contribution in [3.63, 3.8) is 0 Å². The quantitative estimate of drug-likeness (QED) is 0.514. The van der Waals surface area contributed by atoms with Crippen LogP contribution in [0.1, 0.15) is 23.2 Å². The highest BCUT2D eigenvalue weighted by atomic mass is 32.2. The zero-order valence-corrected chi connectivity index (χ0v) is 10.5. The Kier molecular flexibility index (Phi) is 6.93. The van der Waals surface area contributed by atoms with Crippen molar-refractivity contribution in [2.75, 3.05) is 25.2 Å². The second kappa shape index (κ2) is 8.36. The van der Waals surface area contributed by atoms with Crippen molar-refractivity contribution >= 4 is 17.5 Å². The highest BCUT2D eigenvalue weighted by Gasteiger charge is 2.03.